The molecule has 2 heterocycles. The van der Waals surface area contributed by atoms with Gasteiger partial charge in [-0.25, -0.2) is 4.98 Å². The molecule has 0 bridgehead atoms. The van der Waals surface area contributed by atoms with E-state index in [1.807, 2.05) is 40.0 Å². The molecule has 7 nitrogen and oxygen atoms in total. The van der Waals surface area contributed by atoms with Crippen molar-refractivity contribution >= 4 is 21.9 Å². The van der Waals surface area contributed by atoms with Gasteiger partial charge >= 0.3 is 5.97 Å². The summed E-state index contributed by atoms with van der Waals surface area (Å²) in [5.41, 5.74) is 3.37. The Hall–Kier alpha value is -1.96. The zero-order valence-electron chi connectivity index (χ0n) is 16.8. The van der Waals surface area contributed by atoms with Crippen LogP contribution in [0.5, 0.6) is 5.75 Å². The van der Waals surface area contributed by atoms with E-state index in [0.29, 0.717) is 17.7 Å². The van der Waals surface area contributed by atoms with Crippen LogP contribution in [0.4, 0.5) is 0 Å². The normalized spacial score (nSPS) is 19.2. The minimum absolute atomic E-state index is 0.0625. The molecule has 0 aromatic carbocycles. The molecule has 0 amide bonds. The number of alkyl halides is 1. The quantitative estimate of drug-likeness (QED) is 0.468. The Bertz CT molecular complexity index is 837. The summed E-state index contributed by atoms with van der Waals surface area (Å²) >= 11 is 3.48. The summed E-state index contributed by atoms with van der Waals surface area (Å²) < 4.78 is 13.2. The third kappa shape index (κ3) is 4.90. The summed E-state index contributed by atoms with van der Waals surface area (Å²) in [6.07, 6.45) is 3.31. The maximum atomic E-state index is 11.9. The van der Waals surface area contributed by atoms with Gasteiger partial charge in [0.2, 0.25) is 0 Å². The lowest BCUT2D eigenvalue weighted by Crippen LogP contribution is -2.16. The Morgan fingerprint density at radius 2 is 2.14 bits per heavy atom. The lowest BCUT2D eigenvalue weighted by molar-refractivity contribution is -0.148. The molecule has 0 N–H and O–H groups in total. The number of hydrogen-bond donors (Lipinski definition) is 0. The molecule has 2 aromatic heterocycles. The summed E-state index contributed by atoms with van der Waals surface area (Å²) in [7, 11) is 1.87. The first-order chi connectivity index (χ1) is 13.4. The molecule has 8 heteroatoms. The molecular formula is C20H27BrN4O3. The van der Waals surface area contributed by atoms with E-state index in [-0.39, 0.29) is 18.2 Å². The van der Waals surface area contributed by atoms with Gasteiger partial charge in [-0.1, -0.05) is 21.1 Å². The fourth-order valence-corrected chi connectivity index (χ4v) is 4.21. The highest BCUT2D eigenvalue weighted by Crippen LogP contribution is 2.33. The van der Waals surface area contributed by atoms with Crippen molar-refractivity contribution in [2.75, 3.05) is 0 Å². The van der Waals surface area contributed by atoms with Crippen LogP contribution in [-0.2, 0) is 21.9 Å². The second-order valence-electron chi connectivity index (χ2n) is 7.58. The van der Waals surface area contributed by atoms with Crippen LogP contribution in [0.15, 0.2) is 12.1 Å². The fraction of sp³-hybridized carbons (Fsp3) is 0.600. The Morgan fingerprint density at radius 1 is 1.36 bits per heavy atom. The SMILES string of the molecule is Cc1nc(-c2nnn(C)c2CBr)ccc1O[C@@H]1CC[C@@H](CC(=O)OC(C)C)C1. The van der Waals surface area contributed by atoms with Crippen molar-refractivity contribution in [1.29, 1.82) is 0 Å². The Morgan fingerprint density at radius 3 is 2.82 bits per heavy atom. The molecule has 0 spiro atoms. The predicted molar refractivity (Wildman–Crippen MR) is 109 cm³/mol. The summed E-state index contributed by atoms with van der Waals surface area (Å²) in [6, 6.07) is 3.87. The molecule has 1 saturated carbocycles. The molecule has 1 aliphatic rings. The number of esters is 1. The molecule has 1 aliphatic carbocycles. The minimum Gasteiger partial charge on any atom is -0.489 e. The lowest BCUT2D eigenvalue weighted by Gasteiger charge is -2.16. The van der Waals surface area contributed by atoms with Crippen molar-refractivity contribution in [3.63, 3.8) is 0 Å². The average Bonchev–Trinajstić information content (AvgIpc) is 3.22. The Kier molecular flexibility index (Phi) is 6.69. The van der Waals surface area contributed by atoms with Gasteiger partial charge in [-0.05, 0) is 58.1 Å². The maximum absolute atomic E-state index is 11.9. The lowest BCUT2D eigenvalue weighted by atomic mass is 10.0. The monoisotopic (exact) mass is 450 g/mol. The van der Waals surface area contributed by atoms with Gasteiger partial charge in [0.05, 0.1) is 29.3 Å². The number of halogens is 1. The van der Waals surface area contributed by atoms with Crippen molar-refractivity contribution in [2.24, 2.45) is 13.0 Å². The second kappa shape index (κ2) is 9.03. The van der Waals surface area contributed by atoms with E-state index >= 15 is 0 Å². The smallest absolute Gasteiger partial charge is 0.306 e. The number of ether oxygens (including phenoxy) is 2. The summed E-state index contributed by atoms with van der Waals surface area (Å²) in [4.78, 5) is 16.5. The molecular weight excluding hydrogens is 424 g/mol. The van der Waals surface area contributed by atoms with E-state index in [1.165, 1.54) is 0 Å². The van der Waals surface area contributed by atoms with Crippen LogP contribution in [0.3, 0.4) is 0 Å². The third-order valence-electron chi connectivity index (χ3n) is 4.96. The van der Waals surface area contributed by atoms with Gasteiger partial charge in [0.25, 0.3) is 0 Å². The van der Waals surface area contributed by atoms with Crippen LogP contribution < -0.4 is 4.74 Å². The molecule has 2 atom stereocenters. The van der Waals surface area contributed by atoms with Gasteiger partial charge in [-0.3, -0.25) is 9.48 Å². The number of pyridine rings is 1. The summed E-state index contributed by atoms with van der Waals surface area (Å²) in [5, 5.41) is 8.96. The van der Waals surface area contributed by atoms with Crippen LogP contribution in [0.2, 0.25) is 0 Å². The maximum Gasteiger partial charge on any atom is 0.306 e. The van der Waals surface area contributed by atoms with Crippen molar-refractivity contribution in [3.8, 4) is 17.1 Å². The van der Waals surface area contributed by atoms with E-state index in [1.54, 1.807) is 4.68 Å². The molecule has 0 radical (unpaired) electrons. The number of carbonyl (C=O) groups excluding carboxylic acids is 1. The van der Waals surface area contributed by atoms with Crippen molar-refractivity contribution < 1.29 is 14.3 Å². The number of nitrogens with zero attached hydrogens (tertiary/aromatic N) is 4. The van der Waals surface area contributed by atoms with Crippen LogP contribution in [0.1, 0.15) is 50.9 Å². The minimum atomic E-state index is -0.116. The Labute approximate surface area is 173 Å². The first kappa shape index (κ1) is 20.8. The van der Waals surface area contributed by atoms with E-state index < -0.39 is 0 Å². The summed E-state index contributed by atoms with van der Waals surface area (Å²) in [5.74, 6) is 0.989. The van der Waals surface area contributed by atoms with Crippen LogP contribution in [-0.4, -0.2) is 38.2 Å². The molecule has 28 heavy (non-hydrogen) atoms. The number of rotatable bonds is 7. The molecule has 0 saturated heterocycles. The summed E-state index contributed by atoms with van der Waals surface area (Å²) in [6.45, 7) is 5.69. The molecule has 1 fully saturated rings. The molecule has 2 aromatic rings. The van der Waals surface area contributed by atoms with Gasteiger partial charge in [0.1, 0.15) is 11.4 Å². The van der Waals surface area contributed by atoms with Gasteiger partial charge < -0.3 is 9.47 Å². The number of carbonyl (C=O) groups is 1. The van der Waals surface area contributed by atoms with Crippen LogP contribution >= 0.6 is 15.9 Å². The van der Waals surface area contributed by atoms with E-state index in [4.69, 9.17) is 9.47 Å². The Balaban J connectivity index is 1.62. The van der Waals surface area contributed by atoms with E-state index in [9.17, 15) is 4.79 Å². The topological polar surface area (TPSA) is 79.1 Å². The van der Waals surface area contributed by atoms with Gasteiger partial charge in [0, 0.05) is 18.8 Å². The average molecular weight is 451 g/mol. The zero-order chi connectivity index (χ0) is 20.3. The molecule has 152 valence electrons. The van der Waals surface area contributed by atoms with Crippen LogP contribution in [0, 0.1) is 12.8 Å². The molecule has 0 aliphatic heterocycles. The van der Waals surface area contributed by atoms with E-state index in [2.05, 4.69) is 31.2 Å². The van der Waals surface area contributed by atoms with Crippen molar-refractivity contribution in [1.82, 2.24) is 20.0 Å². The second-order valence-corrected chi connectivity index (χ2v) is 8.14. The van der Waals surface area contributed by atoms with Crippen LogP contribution in [0.25, 0.3) is 11.4 Å². The molecule has 0 unspecified atom stereocenters. The highest BCUT2D eigenvalue weighted by Gasteiger charge is 2.29. The predicted octanol–water partition coefficient (Wildman–Crippen LogP) is 3.97. The van der Waals surface area contributed by atoms with Gasteiger partial charge in [0.15, 0.2) is 0 Å². The molecule has 3 rings (SSSR count). The number of aromatic nitrogens is 4. The zero-order valence-corrected chi connectivity index (χ0v) is 18.4. The standard InChI is InChI=1S/C20H27BrN4O3/c1-12(2)27-19(26)10-14-5-6-15(9-14)28-18-8-7-16(22-13(18)3)20-17(11-21)25(4)24-23-20/h7-8,12,14-15H,5-6,9-11H2,1-4H3/t14-,15-/m1/s1. The number of hydrogen-bond acceptors (Lipinski definition) is 6. The van der Waals surface area contributed by atoms with Crippen molar-refractivity contribution in [2.45, 2.75) is 64.0 Å². The third-order valence-corrected chi connectivity index (χ3v) is 5.49. The highest BCUT2D eigenvalue weighted by atomic mass is 79.9. The van der Waals surface area contributed by atoms with E-state index in [0.717, 1.165) is 47.8 Å². The largest absolute Gasteiger partial charge is 0.489 e. The van der Waals surface area contributed by atoms with Crippen molar-refractivity contribution in [3.05, 3.63) is 23.5 Å². The number of aryl methyl sites for hydroxylation is 2. The first-order valence-electron chi connectivity index (χ1n) is 9.66. The first-order valence-corrected chi connectivity index (χ1v) is 10.8. The highest BCUT2D eigenvalue weighted by molar-refractivity contribution is 9.08. The van der Waals surface area contributed by atoms with Gasteiger partial charge in [-0.2, -0.15) is 0 Å². The fourth-order valence-electron chi connectivity index (χ4n) is 3.58. The van der Waals surface area contributed by atoms with Gasteiger partial charge in [-0.15, -0.1) is 5.10 Å².